The van der Waals surface area contributed by atoms with Crippen molar-refractivity contribution in [2.75, 3.05) is 18.5 Å². The zero-order valence-electron chi connectivity index (χ0n) is 19.1. The highest BCUT2D eigenvalue weighted by atomic mass is 32.2. The molecule has 0 aliphatic rings. The molecule has 2 aromatic heterocycles. The number of carbonyl (C=O) groups is 1. The molecule has 0 bridgehead atoms. The van der Waals surface area contributed by atoms with Crippen LogP contribution in [0.4, 0.5) is 24.8 Å². The van der Waals surface area contributed by atoms with Crippen LogP contribution in [-0.4, -0.2) is 44.2 Å². The summed E-state index contributed by atoms with van der Waals surface area (Å²) in [6, 6.07) is 15.1. The summed E-state index contributed by atoms with van der Waals surface area (Å²) in [4.78, 5) is 20.6. The van der Waals surface area contributed by atoms with Crippen molar-refractivity contribution >= 4 is 40.3 Å². The van der Waals surface area contributed by atoms with Crippen LogP contribution in [0.5, 0.6) is 11.5 Å². The van der Waals surface area contributed by atoms with Crippen LogP contribution in [0.2, 0.25) is 0 Å². The first-order chi connectivity index (χ1) is 17.1. The molecule has 0 fully saturated rings. The molecule has 12 heteroatoms. The second-order valence-corrected chi connectivity index (χ2v) is 8.79. The summed E-state index contributed by atoms with van der Waals surface area (Å²) >= 11 is -0.177. The number of alkyl halides is 3. The zero-order valence-corrected chi connectivity index (χ0v) is 19.9. The number of thioether (sulfide) groups is 1. The van der Waals surface area contributed by atoms with E-state index >= 15 is 0 Å². The predicted molar refractivity (Wildman–Crippen MR) is 128 cm³/mol. The lowest BCUT2D eigenvalue weighted by Gasteiger charge is -2.11. The fourth-order valence-electron chi connectivity index (χ4n) is 3.34. The number of aliphatic hydroxyl groups is 1. The molecular weight excluding hydrogens is 495 g/mol. The van der Waals surface area contributed by atoms with Crippen molar-refractivity contribution in [2.24, 2.45) is 7.05 Å². The highest BCUT2D eigenvalue weighted by molar-refractivity contribution is 8.00. The molecule has 0 saturated heterocycles. The Morgan fingerprint density at radius 1 is 1.22 bits per heavy atom. The Morgan fingerprint density at radius 3 is 2.78 bits per heavy atom. The summed E-state index contributed by atoms with van der Waals surface area (Å²) in [5.74, 6) is 0.576. The van der Waals surface area contributed by atoms with Gasteiger partial charge < -0.3 is 25.0 Å². The minimum Gasteiger partial charge on any atom is -0.448 e. The molecular formula is C24H20F3N5O3S. The molecule has 186 valence electrons. The van der Waals surface area contributed by atoms with Crippen LogP contribution >= 0.6 is 11.8 Å². The number of anilines is 2. The minimum absolute atomic E-state index is 0.0705. The Balaban J connectivity index is 1.55. The van der Waals surface area contributed by atoms with E-state index in [1.807, 2.05) is 0 Å². The molecule has 0 unspecified atom stereocenters. The number of ether oxygens (including phenoxy) is 1. The quantitative estimate of drug-likeness (QED) is 0.291. The van der Waals surface area contributed by atoms with E-state index in [0.717, 1.165) is 0 Å². The van der Waals surface area contributed by atoms with E-state index in [4.69, 9.17) is 9.84 Å². The van der Waals surface area contributed by atoms with E-state index in [1.165, 1.54) is 24.4 Å². The van der Waals surface area contributed by atoms with E-state index in [-0.39, 0.29) is 35.5 Å². The Kier molecular flexibility index (Phi) is 7.23. The number of benzene rings is 1. The molecule has 4 aromatic rings. The number of nitrogens with one attached hydrogen (secondary N) is 2. The van der Waals surface area contributed by atoms with E-state index < -0.39 is 11.4 Å². The molecule has 36 heavy (non-hydrogen) atoms. The summed E-state index contributed by atoms with van der Waals surface area (Å²) in [6.07, 6.45) is 1.42. The van der Waals surface area contributed by atoms with Gasteiger partial charge in [0.25, 0.3) is 5.91 Å². The fourth-order valence-corrected chi connectivity index (χ4v) is 4.04. The number of halogens is 3. The highest BCUT2D eigenvalue weighted by Crippen LogP contribution is 2.38. The van der Waals surface area contributed by atoms with Gasteiger partial charge in [-0.25, -0.2) is 4.98 Å². The Labute approximate surface area is 208 Å². The van der Waals surface area contributed by atoms with Crippen molar-refractivity contribution in [1.29, 1.82) is 0 Å². The van der Waals surface area contributed by atoms with Gasteiger partial charge in [0.1, 0.15) is 22.5 Å². The van der Waals surface area contributed by atoms with Gasteiger partial charge in [0.15, 0.2) is 5.75 Å². The summed E-state index contributed by atoms with van der Waals surface area (Å²) < 4.78 is 45.9. The van der Waals surface area contributed by atoms with Gasteiger partial charge in [0, 0.05) is 42.5 Å². The molecule has 2 aromatic carbocycles. The lowest BCUT2D eigenvalue weighted by Crippen LogP contribution is -2.27. The zero-order chi connectivity index (χ0) is 25.9. The number of amides is 1. The molecule has 0 aliphatic heterocycles. The molecule has 0 saturated carbocycles. The van der Waals surface area contributed by atoms with Gasteiger partial charge in [-0.2, -0.15) is 13.2 Å². The van der Waals surface area contributed by atoms with Gasteiger partial charge in [-0.15, -0.1) is 0 Å². The van der Waals surface area contributed by atoms with Crippen LogP contribution in [0.15, 0.2) is 47.5 Å². The van der Waals surface area contributed by atoms with Crippen molar-refractivity contribution in [2.45, 2.75) is 17.3 Å². The van der Waals surface area contributed by atoms with E-state index in [1.54, 1.807) is 36.7 Å². The lowest BCUT2D eigenvalue weighted by molar-refractivity contribution is -0.0328. The second-order valence-electron chi connectivity index (χ2n) is 7.65. The summed E-state index contributed by atoms with van der Waals surface area (Å²) in [5.41, 5.74) is -2.02. The summed E-state index contributed by atoms with van der Waals surface area (Å²) in [7, 11) is 1.74. The molecule has 3 N–H and O–H groups in total. The van der Waals surface area contributed by atoms with E-state index in [0.29, 0.717) is 39.7 Å². The number of aromatic nitrogens is 3. The maximum Gasteiger partial charge on any atom is 0.446 e. The number of hydrogen-bond donors (Lipinski definition) is 3. The number of nitrogens with zero attached hydrogens (tertiary/aromatic N) is 3. The Hall–Kier alpha value is -3.95. The summed E-state index contributed by atoms with van der Waals surface area (Å²) in [6.45, 7) is 1.63. The Bertz CT molecular complexity index is 1410. The van der Waals surface area contributed by atoms with Gasteiger partial charge in [0.2, 0.25) is 5.95 Å². The van der Waals surface area contributed by atoms with Crippen molar-refractivity contribution in [3.05, 3.63) is 66.0 Å². The molecule has 4 rings (SSSR count). The standard InChI is InChI=1S/C24H20F3N5O3S/c1-14-9-15(11-18(10-14)36-24(25,26)27)30-23-31-19-12-16(3-4-21(19)32(23)2)35-17-5-6-28-20(13-17)22(34)29-7-8-33/h5-6,9-13,33H,7-8H2,1-2H3,(H,29,34)(H,30,31). The molecule has 0 radical (unpaired) electrons. The van der Waals surface area contributed by atoms with Crippen LogP contribution in [0.3, 0.4) is 0 Å². The third-order valence-electron chi connectivity index (χ3n) is 4.82. The number of aryl methyl sites for hydroxylation is 2. The first-order valence-electron chi connectivity index (χ1n) is 10.6. The smallest absolute Gasteiger partial charge is 0.446 e. The number of carbonyl (C=O) groups excluding carboxylic acids is 1. The third-order valence-corrected chi connectivity index (χ3v) is 5.53. The number of hydrogen-bond acceptors (Lipinski definition) is 7. The van der Waals surface area contributed by atoms with Crippen molar-refractivity contribution in [1.82, 2.24) is 19.9 Å². The maximum atomic E-state index is 12.8. The van der Waals surface area contributed by atoms with Crippen molar-refractivity contribution in [3.8, 4) is 11.5 Å². The van der Waals surface area contributed by atoms with Crippen molar-refractivity contribution in [3.63, 3.8) is 0 Å². The van der Waals surface area contributed by atoms with Gasteiger partial charge in [-0.05, 0) is 60.6 Å². The highest BCUT2D eigenvalue weighted by Gasteiger charge is 2.29. The topological polar surface area (TPSA) is 101 Å². The van der Waals surface area contributed by atoms with Gasteiger partial charge in [0.05, 0.1) is 6.61 Å². The molecule has 0 aliphatic carbocycles. The first-order valence-corrected chi connectivity index (χ1v) is 11.4. The van der Waals surface area contributed by atoms with Crippen LogP contribution in [0.25, 0.3) is 11.0 Å². The van der Waals surface area contributed by atoms with Gasteiger partial charge in [-0.3, -0.25) is 9.78 Å². The monoisotopic (exact) mass is 515 g/mol. The number of imidazole rings is 1. The maximum absolute atomic E-state index is 12.8. The Morgan fingerprint density at radius 2 is 2.03 bits per heavy atom. The van der Waals surface area contributed by atoms with E-state index in [2.05, 4.69) is 32.7 Å². The molecule has 0 atom stereocenters. The SMILES string of the molecule is Cc1cc(Nc2nc3cc(Oc4ccnc(C(=O)NCCO)c4)c#cc3n2C)cc(SC(F)(F)F)c1. The molecule has 8 nitrogen and oxygen atoms in total. The largest absolute Gasteiger partial charge is 0.448 e. The first kappa shape index (κ1) is 25.2. The second kappa shape index (κ2) is 10.3. The van der Waals surface area contributed by atoms with Crippen LogP contribution < -0.4 is 15.4 Å². The third kappa shape index (κ3) is 6.18. The minimum atomic E-state index is -4.39. The predicted octanol–water partition coefficient (Wildman–Crippen LogP) is 4.75. The molecule has 2 heterocycles. The normalized spacial score (nSPS) is 11.3. The average molecular weight is 516 g/mol. The lowest BCUT2D eigenvalue weighted by atomic mass is 10.2. The number of fused-ring (bicyclic) bond motifs is 1. The number of aliphatic hydroxyl groups excluding tert-OH is 1. The molecule has 0 spiro atoms. The van der Waals surface area contributed by atoms with Gasteiger partial charge >= 0.3 is 5.51 Å². The van der Waals surface area contributed by atoms with Crippen LogP contribution in [0, 0.1) is 19.1 Å². The fraction of sp³-hybridized carbons (Fsp3) is 0.208. The van der Waals surface area contributed by atoms with E-state index in [9.17, 15) is 18.0 Å². The van der Waals surface area contributed by atoms with Crippen LogP contribution in [0.1, 0.15) is 16.1 Å². The van der Waals surface area contributed by atoms with Crippen LogP contribution in [-0.2, 0) is 7.05 Å². The number of rotatable bonds is 8. The summed E-state index contributed by atoms with van der Waals surface area (Å²) in [5, 5.41) is 14.4. The average Bonchev–Trinajstić information content (AvgIpc) is 3.10. The van der Waals surface area contributed by atoms with Gasteiger partial charge in [-0.1, -0.05) is 0 Å². The number of pyridine rings is 1. The van der Waals surface area contributed by atoms with Crippen molar-refractivity contribution < 1.29 is 27.8 Å². The molecule has 1 amide bonds.